The predicted molar refractivity (Wildman–Crippen MR) is 398 cm³/mol. The van der Waals surface area contributed by atoms with E-state index in [1.54, 1.807) is 0 Å². The number of fused-ring (bicyclic) bond motifs is 27. The zero-order chi connectivity index (χ0) is 62.5. The van der Waals surface area contributed by atoms with Crippen molar-refractivity contribution in [2.24, 2.45) is 0 Å². The number of aromatic nitrogens is 1. The molecule has 4 heteroatoms. The van der Waals surface area contributed by atoms with Gasteiger partial charge in [-0.25, -0.2) is 0 Å². The van der Waals surface area contributed by atoms with Crippen LogP contribution >= 0.6 is 0 Å². The average Bonchev–Trinajstić information content (AvgIpc) is 1.29. The van der Waals surface area contributed by atoms with Crippen LogP contribution in [0.2, 0.25) is 0 Å². The van der Waals surface area contributed by atoms with Gasteiger partial charge in [0.05, 0.1) is 27.6 Å². The second kappa shape index (κ2) is 19.2. The number of para-hydroxylation sites is 2. The Morgan fingerprint density at radius 1 is 0.219 bits per heavy atom. The zero-order valence-corrected chi connectivity index (χ0v) is 52.3. The topological polar surface area (TPSA) is 11.4 Å². The molecule has 15 aromatic carbocycles. The van der Waals surface area contributed by atoms with E-state index < -0.39 is 10.8 Å². The van der Waals surface area contributed by atoms with Crippen LogP contribution in [0.25, 0.3) is 94.3 Å². The summed E-state index contributed by atoms with van der Waals surface area (Å²) in [5.74, 6) is 0. The molecule has 1 aromatic heterocycles. The lowest BCUT2D eigenvalue weighted by Gasteiger charge is -2.45. The summed E-state index contributed by atoms with van der Waals surface area (Å²) >= 11 is 0. The van der Waals surface area contributed by atoms with Gasteiger partial charge in [-0.2, -0.15) is 0 Å². The van der Waals surface area contributed by atoms with Crippen LogP contribution in [0, 0.1) is 0 Å². The minimum absolute atomic E-state index is 0.191. The van der Waals surface area contributed by atoms with Crippen molar-refractivity contribution in [1.29, 1.82) is 0 Å². The summed E-state index contributed by atoms with van der Waals surface area (Å²) in [5, 5.41) is 2.45. The van der Waals surface area contributed by atoms with Gasteiger partial charge in [0.1, 0.15) is 0 Å². The molecule has 442 valence electrons. The van der Waals surface area contributed by atoms with Crippen LogP contribution in [-0.4, -0.2) is 11.3 Å². The molecule has 0 N–H and O–H groups in total. The third-order valence-corrected chi connectivity index (χ3v) is 22.6. The lowest BCUT2D eigenvalue weighted by atomic mass is 9.33. The van der Waals surface area contributed by atoms with Gasteiger partial charge in [0, 0.05) is 44.9 Å². The highest BCUT2D eigenvalue weighted by atomic mass is 15.2. The van der Waals surface area contributed by atoms with Crippen molar-refractivity contribution in [2.45, 2.75) is 10.8 Å². The largest absolute Gasteiger partial charge is 0.311 e. The van der Waals surface area contributed by atoms with Crippen LogP contribution in [0.3, 0.4) is 0 Å². The Hall–Kier alpha value is -12.2. The third-order valence-electron chi connectivity index (χ3n) is 22.6. The first-order valence-electron chi connectivity index (χ1n) is 33.7. The summed E-state index contributed by atoms with van der Waals surface area (Å²) in [6.45, 7) is -0.191. The number of benzene rings is 15. The molecule has 0 atom stereocenters. The van der Waals surface area contributed by atoms with Crippen molar-refractivity contribution in [1.82, 2.24) is 4.57 Å². The van der Waals surface area contributed by atoms with Gasteiger partial charge in [0.2, 0.25) is 0 Å². The molecule has 0 saturated carbocycles. The molecule has 96 heavy (non-hydrogen) atoms. The van der Waals surface area contributed by atoms with Crippen LogP contribution < -0.4 is 26.2 Å². The molecule has 0 amide bonds. The molecule has 22 rings (SSSR count). The van der Waals surface area contributed by atoms with Gasteiger partial charge in [-0.1, -0.05) is 279 Å². The summed E-state index contributed by atoms with van der Waals surface area (Å²) in [5.41, 5.74) is 38.6. The summed E-state index contributed by atoms with van der Waals surface area (Å²) < 4.78 is 2.54. The maximum Gasteiger partial charge on any atom is 0.252 e. The van der Waals surface area contributed by atoms with Crippen molar-refractivity contribution in [2.75, 3.05) is 9.80 Å². The second-order valence-electron chi connectivity index (χ2n) is 26.9. The lowest BCUT2D eigenvalue weighted by Crippen LogP contribution is -2.61. The van der Waals surface area contributed by atoms with Gasteiger partial charge >= 0.3 is 0 Å². The van der Waals surface area contributed by atoms with Crippen LogP contribution in [0.1, 0.15) is 44.5 Å². The molecule has 16 aromatic rings. The lowest BCUT2D eigenvalue weighted by molar-refractivity contribution is 0.793. The standard InChI is InChI=1S/C92H56BN3/c1-3-23-57(24-4-1)59-43-49-86-82(51-59)93-83-52-60(58-25-5-2-6-26-58)44-50-87(83)95(62-46-48-71-69-32-12-20-40-79(69)92(81(71)54-62)76-37-17-9-29-66(76)67-30-10-18-38-77(67)92)89-56-63(96-84-41-21-13-33-72(84)73-34-14-22-42-85(73)96)55-88(90(89)93)94(86)61-45-47-70-68-31-11-19-39-78(68)91(80(70)53-61)74-35-15-7-27-64(74)65-28-8-16-36-75(65)91/h1-56H. The summed E-state index contributed by atoms with van der Waals surface area (Å²) in [7, 11) is 0. The molecular weight excluding hydrogens is 1160 g/mol. The van der Waals surface area contributed by atoms with E-state index in [2.05, 4.69) is 354 Å². The maximum atomic E-state index is 2.66. The smallest absolute Gasteiger partial charge is 0.252 e. The van der Waals surface area contributed by atoms with Crippen LogP contribution in [0.5, 0.6) is 0 Å². The SMILES string of the molecule is c1ccc(-c2ccc3c(c2)B2c4cc(-c5ccccc5)ccc4N(c4ccc5c(c4)C4(c6ccccc6-c6ccccc64)c4ccccc4-5)c4cc(-n5c6ccccc6c6ccccc65)cc(c42)N3c2ccc3c(c2)C2(c4ccccc4-c4ccccc42)c2ccccc2-3)cc1. The Morgan fingerprint density at radius 2 is 0.542 bits per heavy atom. The van der Waals surface area contributed by atoms with E-state index in [4.69, 9.17) is 0 Å². The Morgan fingerprint density at radius 3 is 0.917 bits per heavy atom. The van der Waals surface area contributed by atoms with Gasteiger partial charge in [0.15, 0.2) is 0 Å². The number of hydrogen-bond donors (Lipinski definition) is 0. The molecule has 0 fully saturated rings. The van der Waals surface area contributed by atoms with E-state index in [1.165, 1.54) is 149 Å². The fraction of sp³-hybridized carbons (Fsp3) is 0.0217. The van der Waals surface area contributed by atoms with E-state index in [0.29, 0.717) is 0 Å². The fourth-order valence-electron chi connectivity index (χ4n) is 18.9. The van der Waals surface area contributed by atoms with Crippen molar-refractivity contribution in [3.05, 3.63) is 384 Å². The molecule has 2 aliphatic heterocycles. The summed E-state index contributed by atoms with van der Waals surface area (Å²) in [4.78, 5) is 5.32. The highest BCUT2D eigenvalue weighted by Gasteiger charge is 2.54. The van der Waals surface area contributed by atoms with Crippen LogP contribution in [0.15, 0.2) is 340 Å². The van der Waals surface area contributed by atoms with Crippen LogP contribution in [-0.2, 0) is 10.8 Å². The third kappa shape index (κ3) is 6.62. The van der Waals surface area contributed by atoms with Gasteiger partial charge in [-0.3, -0.25) is 0 Å². The van der Waals surface area contributed by atoms with E-state index in [1.807, 2.05) is 0 Å². The fourth-order valence-corrected chi connectivity index (χ4v) is 18.9. The predicted octanol–water partition coefficient (Wildman–Crippen LogP) is 20.9. The molecule has 3 nitrogen and oxygen atoms in total. The maximum absolute atomic E-state index is 2.66. The van der Waals surface area contributed by atoms with E-state index in [9.17, 15) is 0 Å². The number of nitrogens with zero attached hydrogens (tertiary/aromatic N) is 3. The van der Waals surface area contributed by atoms with Crippen molar-refractivity contribution < 1.29 is 0 Å². The average molecular weight is 1210 g/mol. The van der Waals surface area contributed by atoms with Gasteiger partial charge in [-0.15, -0.1) is 0 Å². The molecule has 2 spiro atoms. The molecule has 6 aliphatic rings. The Balaban J connectivity index is 0.874. The zero-order valence-electron chi connectivity index (χ0n) is 52.3. The van der Waals surface area contributed by atoms with Gasteiger partial charge in [-0.05, 0) is 188 Å². The minimum atomic E-state index is -0.549. The monoisotopic (exact) mass is 1210 g/mol. The molecule has 3 heterocycles. The highest BCUT2D eigenvalue weighted by molar-refractivity contribution is 7.00. The first-order valence-corrected chi connectivity index (χ1v) is 33.7. The van der Waals surface area contributed by atoms with Crippen LogP contribution in [0.4, 0.5) is 34.1 Å². The van der Waals surface area contributed by atoms with Gasteiger partial charge in [0.25, 0.3) is 6.71 Å². The number of rotatable bonds is 5. The molecule has 4 aliphatic carbocycles. The van der Waals surface area contributed by atoms with Crippen molar-refractivity contribution >= 4 is 79.0 Å². The second-order valence-corrected chi connectivity index (χ2v) is 26.9. The quantitative estimate of drug-likeness (QED) is 0.159. The summed E-state index contributed by atoms with van der Waals surface area (Å²) in [6, 6.07) is 130. The first kappa shape index (κ1) is 52.3. The number of anilines is 6. The van der Waals surface area contributed by atoms with E-state index >= 15 is 0 Å². The van der Waals surface area contributed by atoms with Crippen molar-refractivity contribution in [3.8, 4) is 72.4 Å². The summed E-state index contributed by atoms with van der Waals surface area (Å²) in [6.07, 6.45) is 0. The van der Waals surface area contributed by atoms with E-state index in [-0.39, 0.29) is 6.71 Å². The molecule has 0 radical (unpaired) electrons. The Labute approximate surface area is 557 Å². The van der Waals surface area contributed by atoms with E-state index in [0.717, 1.165) is 39.8 Å². The normalized spacial score (nSPS) is 14.4. The molecule has 0 unspecified atom stereocenters. The van der Waals surface area contributed by atoms with Crippen molar-refractivity contribution in [3.63, 3.8) is 0 Å². The Bertz CT molecular complexity index is 5580. The minimum Gasteiger partial charge on any atom is -0.311 e. The molecular formula is C92H56BN3. The Kier molecular flexibility index (Phi) is 10.5. The molecule has 0 bridgehead atoms. The first-order chi connectivity index (χ1) is 47.6. The molecule has 0 saturated heterocycles. The number of hydrogen-bond acceptors (Lipinski definition) is 2. The van der Waals surface area contributed by atoms with Gasteiger partial charge < -0.3 is 14.4 Å². The highest BCUT2D eigenvalue weighted by Crippen LogP contribution is 2.66.